The quantitative estimate of drug-likeness (QED) is 0.742. The molecule has 3 heterocycles. The number of aryl methyl sites for hydroxylation is 2. The first-order valence-electron chi connectivity index (χ1n) is 10.0. The summed E-state index contributed by atoms with van der Waals surface area (Å²) in [6, 6.07) is 4.20. The molecule has 27 heavy (non-hydrogen) atoms. The molecule has 1 aromatic heterocycles. The first-order valence-corrected chi connectivity index (χ1v) is 10.0. The summed E-state index contributed by atoms with van der Waals surface area (Å²) in [4.78, 5) is 32.5. The second kappa shape index (κ2) is 9.17. The monoisotopic (exact) mass is 373 g/mol. The molecule has 7 nitrogen and oxygen atoms in total. The number of piperazine rings is 1. The third-order valence-corrected chi connectivity index (χ3v) is 5.58. The lowest BCUT2D eigenvalue weighted by Crippen LogP contribution is -2.54. The Morgan fingerprint density at radius 3 is 2.78 bits per heavy atom. The number of urea groups is 1. The van der Waals surface area contributed by atoms with Gasteiger partial charge in [0.2, 0.25) is 0 Å². The number of anilines is 1. The van der Waals surface area contributed by atoms with Crippen LogP contribution in [-0.4, -0.2) is 71.9 Å². The van der Waals surface area contributed by atoms with Crippen molar-refractivity contribution in [2.45, 2.75) is 45.6 Å². The van der Waals surface area contributed by atoms with Crippen LogP contribution in [-0.2, 0) is 17.6 Å². The molecule has 1 fully saturated rings. The van der Waals surface area contributed by atoms with E-state index in [1.165, 1.54) is 12.0 Å². The van der Waals surface area contributed by atoms with Crippen molar-refractivity contribution in [3.63, 3.8) is 0 Å². The minimum absolute atomic E-state index is 0.00908. The molecule has 1 unspecified atom stereocenters. The van der Waals surface area contributed by atoms with Crippen molar-refractivity contribution < 1.29 is 9.59 Å². The largest absolute Gasteiger partial charge is 0.370 e. The van der Waals surface area contributed by atoms with E-state index in [2.05, 4.69) is 27.7 Å². The Hall–Kier alpha value is -2.15. The Bertz CT molecular complexity index is 670. The maximum Gasteiger partial charge on any atom is 0.317 e. The third-order valence-electron chi connectivity index (χ3n) is 5.58. The highest BCUT2D eigenvalue weighted by Gasteiger charge is 2.25. The topological polar surface area (TPSA) is 77.6 Å². The van der Waals surface area contributed by atoms with Crippen molar-refractivity contribution in [1.29, 1.82) is 0 Å². The number of nitrogens with one attached hydrogen (secondary N) is 2. The normalized spacial score (nSPS) is 18.4. The van der Waals surface area contributed by atoms with E-state index < -0.39 is 0 Å². The molecule has 0 radical (unpaired) electrons. The number of carbonyl (C=O) groups excluding carboxylic acids is 2. The van der Waals surface area contributed by atoms with Gasteiger partial charge in [0.25, 0.3) is 0 Å². The molecule has 1 saturated heterocycles. The van der Waals surface area contributed by atoms with Crippen LogP contribution in [0.5, 0.6) is 0 Å². The molecule has 2 N–H and O–H groups in total. The lowest BCUT2D eigenvalue weighted by Gasteiger charge is -2.37. The smallest absolute Gasteiger partial charge is 0.317 e. The van der Waals surface area contributed by atoms with Crippen molar-refractivity contribution in [1.82, 2.24) is 20.1 Å². The van der Waals surface area contributed by atoms with Crippen LogP contribution in [0.25, 0.3) is 0 Å². The van der Waals surface area contributed by atoms with Crippen LogP contribution in [0, 0.1) is 0 Å². The summed E-state index contributed by atoms with van der Waals surface area (Å²) >= 11 is 0. The molecule has 0 aliphatic carbocycles. The number of aromatic nitrogens is 1. The Labute approximate surface area is 161 Å². The van der Waals surface area contributed by atoms with Crippen molar-refractivity contribution in [2.24, 2.45) is 0 Å². The number of hydrogen-bond acceptors (Lipinski definition) is 5. The van der Waals surface area contributed by atoms with Gasteiger partial charge in [0, 0.05) is 45.0 Å². The average molecular weight is 374 g/mol. The summed E-state index contributed by atoms with van der Waals surface area (Å²) in [6.45, 7) is 8.04. The number of fused-ring (bicyclic) bond motifs is 1. The van der Waals surface area contributed by atoms with Gasteiger partial charge in [-0.1, -0.05) is 6.07 Å². The maximum atomic E-state index is 12.3. The number of hydrogen-bond donors (Lipinski definition) is 2. The molecular formula is C20H31N5O2. The lowest BCUT2D eigenvalue weighted by molar-refractivity contribution is -0.122. The predicted molar refractivity (Wildman–Crippen MR) is 106 cm³/mol. The zero-order valence-corrected chi connectivity index (χ0v) is 16.5. The molecule has 7 heteroatoms. The zero-order chi connectivity index (χ0) is 19.2. The van der Waals surface area contributed by atoms with E-state index in [0.717, 1.165) is 50.4 Å². The fraction of sp³-hybridized carbons (Fsp3) is 0.650. The predicted octanol–water partition coefficient (Wildman–Crippen LogP) is 1.68. The summed E-state index contributed by atoms with van der Waals surface area (Å²) in [5.41, 5.74) is 2.38. The van der Waals surface area contributed by atoms with Crippen LogP contribution in [0.2, 0.25) is 0 Å². The van der Waals surface area contributed by atoms with E-state index in [4.69, 9.17) is 4.98 Å². The SMILES string of the molecule is CC(=O)C(C)N1CCN(C(=O)NCCCc2ccc3c(n2)NCCC3)CC1. The van der Waals surface area contributed by atoms with Crippen LogP contribution < -0.4 is 10.6 Å². The fourth-order valence-electron chi connectivity index (χ4n) is 3.65. The summed E-state index contributed by atoms with van der Waals surface area (Å²) in [6.07, 6.45) is 4.00. The first-order chi connectivity index (χ1) is 13.0. The highest BCUT2D eigenvalue weighted by Crippen LogP contribution is 2.20. The van der Waals surface area contributed by atoms with Crippen LogP contribution >= 0.6 is 0 Å². The number of Topliss-reactive ketones (excluding diaryl/α,β-unsaturated/α-hetero) is 1. The zero-order valence-electron chi connectivity index (χ0n) is 16.5. The van der Waals surface area contributed by atoms with Crippen LogP contribution in [0.4, 0.5) is 10.6 Å². The molecule has 0 bridgehead atoms. The van der Waals surface area contributed by atoms with Gasteiger partial charge in [0.05, 0.1) is 6.04 Å². The lowest BCUT2D eigenvalue weighted by atomic mass is 10.1. The number of amides is 2. The molecule has 0 aromatic carbocycles. The van der Waals surface area contributed by atoms with Crippen molar-refractivity contribution in [2.75, 3.05) is 44.6 Å². The van der Waals surface area contributed by atoms with Gasteiger partial charge in [-0.15, -0.1) is 0 Å². The van der Waals surface area contributed by atoms with Crippen LogP contribution in [0.3, 0.4) is 0 Å². The standard InChI is InChI=1S/C20H31N5O2/c1-15(16(2)26)24-11-13-25(14-12-24)20(27)22-10-4-6-18-8-7-17-5-3-9-21-19(17)23-18/h7-8,15H,3-6,9-14H2,1-2H3,(H,21,23)(H,22,27). The molecule has 1 atom stereocenters. The van der Waals surface area contributed by atoms with Crippen molar-refractivity contribution in [3.8, 4) is 0 Å². The molecule has 0 saturated carbocycles. The minimum atomic E-state index is -0.0613. The van der Waals surface area contributed by atoms with Crippen LogP contribution in [0.1, 0.15) is 37.9 Å². The van der Waals surface area contributed by atoms with E-state index in [0.29, 0.717) is 19.6 Å². The van der Waals surface area contributed by atoms with Gasteiger partial charge >= 0.3 is 6.03 Å². The van der Waals surface area contributed by atoms with E-state index in [9.17, 15) is 9.59 Å². The Balaban J connectivity index is 1.36. The van der Waals surface area contributed by atoms with Gasteiger partial charge in [-0.05, 0) is 51.2 Å². The van der Waals surface area contributed by atoms with E-state index in [-0.39, 0.29) is 17.9 Å². The number of carbonyl (C=O) groups is 2. The second-order valence-corrected chi connectivity index (χ2v) is 7.49. The van der Waals surface area contributed by atoms with Gasteiger partial charge in [-0.3, -0.25) is 9.69 Å². The number of nitrogens with zero attached hydrogens (tertiary/aromatic N) is 3. The Morgan fingerprint density at radius 1 is 1.26 bits per heavy atom. The molecule has 0 spiro atoms. The highest BCUT2D eigenvalue weighted by molar-refractivity contribution is 5.81. The molecule has 3 rings (SSSR count). The van der Waals surface area contributed by atoms with Crippen molar-refractivity contribution >= 4 is 17.6 Å². The summed E-state index contributed by atoms with van der Waals surface area (Å²) in [7, 11) is 0. The molecule has 1 aromatic rings. The Morgan fingerprint density at radius 2 is 2.04 bits per heavy atom. The van der Waals surface area contributed by atoms with Gasteiger partial charge in [-0.2, -0.15) is 0 Å². The van der Waals surface area contributed by atoms with E-state index in [1.807, 2.05) is 11.8 Å². The fourth-order valence-corrected chi connectivity index (χ4v) is 3.65. The van der Waals surface area contributed by atoms with Gasteiger partial charge in [-0.25, -0.2) is 9.78 Å². The van der Waals surface area contributed by atoms with Crippen molar-refractivity contribution in [3.05, 3.63) is 23.4 Å². The first kappa shape index (κ1) is 19.6. The molecule has 2 aliphatic heterocycles. The highest BCUT2D eigenvalue weighted by atomic mass is 16.2. The van der Waals surface area contributed by atoms with Gasteiger partial charge < -0.3 is 15.5 Å². The molecule has 2 aliphatic rings. The molecule has 148 valence electrons. The number of rotatable bonds is 6. The number of ketones is 1. The summed E-state index contributed by atoms with van der Waals surface area (Å²) in [5.74, 6) is 1.21. The minimum Gasteiger partial charge on any atom is -0.370 e. The number of pyridine rings is 1. The average Bonchev–Trinajstić information content (AvgIpc) is 2.70. The van der Waals surface area contributed by atoms with Crippen LogP contribution in [0.15, 0.2) is 12.1 Å². The Kier molecular flexibility index (Phi) is 6.66. The second-order valence-electron chi connectivity index (χ2n) is 7.49. The molecule has 2 amide bonds. The van der Waals surface area contributed by atoms with Gasteiger partial charge in [0.1, 0.15) is 11.6 Å². The van der Waals surface area contributed by atoms with Gasteiger partial charge in [0.15, 0.2) is 0 Å². The van der Waals surface area contributed by atoms with E-state index >= 15 is 0 Å². The van der Waals surface area contributed by atoms with E-state index in [1.54, 1.807) is 6.92 Å². The summed E-state index contributed by atoms with van der Waals surface area (Å²) in [5, 5.41) is 6.37. The summed E-state index contributed by atoms with van der Waals surface area (Å²) < 4.78 is 0. The maximum absolute atomic E-state index is 12.3. The molecular weight excluding hydrogens is 342 g/mol. The third kappa shape index (κ3) is 5.19.